The number of nitrogens with zero attached hydrogens (tertiary/aromatic N) is 5. The number of fused-ring (bicyclic) bond motifs is 1. The zero-order chi connectivity index (χ0) is 15.7. The van der Waals surface area contributed by atoms with E-state index < -0.39 is 0 Å². The zero-order valence-electron chi connectivity index (χ0n) is 11.6. The summed E-state index contributed by atoms with van der Waals surface area (Å²) in [6.45, 7) is 1.82. The fourth-order valence-electron chi connectivity index (χ4n) is 2.13. The number of carbonyl (C=O) groups is 1. The maximum atomic E-state index is 12.3. The number of aromatic nitrogens is 5. The van der Waals surface area contributed by atoms with Crippen LogP contribution in [0.5, 0.6) is 0 Å². The first-order valence-electron chi connectivity index (χ1n) is 6.41. The van der Waals surface area contributed by atoms with Crippen molar-refractivity contribution in [2.45, 2.75) is 13.5 Å². The third kappa shape index (κ3) is 2.49. The zero-order valence-corrected chi connectivity index (χ0v) is 12.4. The average molecular weight is 318 g/mol. The van der Waals surface area contributed by atoms with Crippen LogP contribution in [0, 0.1) is 6.92 Å². The summed E-state index contributed by atoms with van der Waals surface area (Å²) in [5.74, 6) is 6.17. The van der Waals surface area contributed by atoms with E-state index in [9.17, 15) is 4.79 Å². The van der Waals surface area contributed by atoms with Gasteiger partial charge in [-0.2, -0.15) is 9.97 Å². The summed E-state index contributed by atoms with van der Waals surface area (Å²) in [4.78, 5) is 28.8. The lowest BCUT2D eigenvalue weighted by molar-refractivity contribution is 0.0967. The topological polar surface area (TPSA) is 112 Å². The Morgan fingerprint density at radius 2 is 2.18 bits per heavy atom. The summed E-state index contributed by atoms with van der Waals surface area (Å²) < 4.78 is 1.65. The van der Waals surface area contributed by atoms with Crippen LogP contribution in [-0.4, -0.2) is 30.3 Å². The molecule has 0 aliphatic rings. The molecule has 0 unspecified atom stereocenters. The average Bonchev–Trinajstić information content (AvgIpc) is 2.83. The van der Waals surface area contributed by atoms with Crippen molar-refractivity contribution in [1.29, 1.82) is 0 Å². The molecule has 0 aliphatic carbocycles. The van der Waals surface area contributed by atoms with Gasteiger partial charge in [-0.25, -0.2) is 10.8 Å². The van der Waals surface area contributed by atoms with E-state index in [4.69, 9.17) is 17.4 Å². The first-order valence-corrected chi connectivity index (χ1v) is 6.79. The van der Waals surface area contributed by atoms with Crippen molar-refractivity contribution in [1.82, 2.24) is 24.5 Å². The molecule has 9 heteroatoms. The summed E-state index contributed by atoms with van der Waals surface area (Å²) in [7, 11) is 0. The molecular weight excluding hydrogens is 306 g/mol. The number of nitrogen functional groups attached to an aromatic ring is 1. The van der Waals surface area contributed by atoms with Crippen LogP contribution in [0.4, 0.5) is 5.82 Å². The minimum atomic E-state index is -0.153. The van der Waals surface area contributed by atoms with Gasteiger partial charge in [-0.3, -0.25) is 9.78 Å². The maximum Gasteiger partial charge on any atom is 0.226 e. The highest BCUT2D eigenvalue weighted by Gasteiger charge is 2.18. The normalized spacial score (nSPS) is 10.9. The Morgan fingerprint density at radius 1 is 1.36 bits per heavy atom. The van der Waals surface area contributed by atoms with Crippen molar-refractivity contribution in [3.63, 3.8) is 0 Å². The molecule has 0 aliphatic heterocycles. The third-order valence-electron chi connectivity index (χ3n) is 3.15. The highest BCUT2D eigenvalue weighted by Crippen LogP contribution is 2.22. The van der Waals surface area contributed by atoms with Crippen molar-refractivity contribution in [2.24, 2.45) is 5.84 Å². The first kappa shape index (κ1) is 14.4. The number of halogens is 1. The Kier molecular flexibility index (Phi) is 3.70. The Labute approximate surface area is 130 Å². The number of hydrogen-bond acceptors (Lipinski definition) is 7. The Balaban J connectivity index is 2.06. The lowest BCUT2D eigenvalue weighted by Crippen LogP contribution is -2.14. The number of ketones is 1. The SMILES string of the molecule is Cc1nc2c(NN)nc(Cl)nc2n1CC(=O)c1ccccn1. The molecule has 3 N–H and O–H groups in total. The fourth-order valence-corrected chi connectivity index (χ4v) is 2.29. The molecule has 22 heavy (non-hydrogen) atoms. The lowest BCUT2D eigenvalue weighted by Gasteiger charge is -2.06. The van der Waals surface area contributed by atoms with Gasteiger partial charge >= 0.3 is 0 Å². The van der Waals surface area contributed by atoms with E-state index in [0.29, 0.717) is 28.5 Å². The molecular formula is C13H12ClN7O. The van der Waals surface area contributed by atoms with E-state index in [-0.39, 0.29) is 17.6 Å². The molecule has 3 aromatic heterocycles. The van der Waals surface area contributed by atoms with E-state index in [0.717, 1.165) is 0 Å². The molecule has 0 radical (unpaired) electrons. The van der Waals surface area contributed by atoms with E-state index in [1.807, 2.05) is 0 Å². The minimum Gasteiger partial charge on any atom is -0.306 e. The summed E-state index contributed by atoms with van der Waals surface area (Å²) in [6.07, 6.45) is 1.57. The van der Waals surface area contributed by atoms with Crippen molar-refractivity contribution in [2.75, 3.05) is 5.43 Å². The summed E-state index contributed by atoms with van der Waals surface area (Å²) in [6, 6.07) is 5.17. The molecule has 3 heterocycles. The highest BCUT2D eigenvalue weighted by atomic mass is 35.5. The van der Waals surface area contributed by atoms with E-state index in [2.05, 4.69) is 25.4 Å². The number of nitrogens with one attached hydrogen (secondary N) is 1. The molecule has 0 saturated carbocycles. The number of aryl methyl sites for hydroxylation is 1. The van der Waals surface area contributed by atoms with Gasteiger partial charge in [-0.05, 0) is 30.7 Å². The molecule has 0 atom stereocenters. The summed E-state index contributed by atoms with van der Waals surface area (Å²) >= 11 is 5.88. The Morgan fingerprint density at radius 3 is 2.86 bits per heavy atom. The van der Waals surface area contributed by atoms with Crippen LogP contribution in [0.15, 0.2) is 24.4 Å². The van der Waals surface area contributed by atoms with Crippen LogP contribution in [0.2, 0.25) is 5.28 Å². The second kappa shape index (κ2) is 5.66. The number of Topliss-reactive ketones (excluding diaryl/α,β-unsaturated/α-hetero) is 1. The van der Waals surface area contributed by atoms with Gasteiger partial charge in [0.2, 0.25) is 11.1 Å². The molecule has 0 fully saturated rings. The third-order valence-corrected chi connectivity index (χ3v) is 3.32. The summed E-state index contributed by atoms with van der Waals surface area (Å²) in [5, 5.41) is 0.0203. The quantitative estimate of drug-likeness (QED) is 0.323. The lowest BCUT2D eigenvalue weighted by atomic mass is 10.2. The van der Waals surface area contributed by atoms with Gasteiger partial charge in [0.15, 0.2) is 17.0 Å². The first-order chi connectivity index (χ1) is 10.6. The van der Waals surface area contributed by atoms with E-state index in [1.54, 1.807) is 35.9 Å². The Bertz CT molecular complexity index is 846. The van der Waals surface area contributed by atoms with Gasteiger partial charge < -0.3 is 9.99 Å². The number of hydrogen-bond donors (Lipinski definition) is 2. The van der Waals surface area contributed by atoms with Crippen LogP contribution in [0.25, 0.3) is 11.2 Å². The Hall–Kier alpha value is -2.58. The van der Waals surface area contributed by atoms with Crippen LogP contribution in [0.1, 0.15) is 16.3 Å². The summed E-state index contributed by atoms with van der Waals surface area (Å²) in [5.41, 5.74) is 3.70. The molecule has 0 bridgehead atoms. The van der Waals surface area contributed by atoms with Crippen LogP contribution in [0.3, 0.4) is 0 Å². The predicted octanol–water partition coefficient (Wildman–Crippen LogP) is 1.35. The number of pyridine rings is 1. The van der Waals surface area contributed by atoms with Gasteiger partial charge in [0.05, 0.1) is 6.54 Å². The standard InChI is InChI=1S/C13H12ClN7O/c1-7-17-10-11(20-15)18-13(14)19-12(10)21(7)6-9(22)8-4-2-3-5-16-8/h2-5H,6,15H2,1H3,(H,18,19,20). The van der Waals surface area contributed by atoms with Crippen molar-refractivity contribution in [3.8, 4) is 0 Å². The molecule has 0 aromatic carbocycles. The van der Waals surface area contributed by atoms with Gasteiger partial charge in [-0.15, -0.1) is 0 Å². The van der Waals surface area contributed by atoms with Crippen LogP contribution in [-0.2, 0) is 6.54 Å². The van der Waals surface area contributed by atoms with E-state index >= 15 is 0 Å². The monoisotopic (exact) mass is 317 g/mol. The largest absolute Gasteiger partial charge is 0.306 e. The smallest absolute Gasteiger partial charge is 0.226 e. The van der Waals surface area contributed by atoms with Crippen molar-refractivity contribution >= 4 is 34.4 Å². The molecule has 3 rings (SSSR count). The van der Waals surface area contributed by atoms with Crippen LogP contribution >= 0.6 is 11.6 Å². The van der Waals surface area contributed by atoms with Gasteiger partial charge in [0.1, 0.15) is 11.5 Å². The minimum absolute atomic E-state index is 0.0203. The van der Waals surface area contributed by atoms with E-state index in [1.165, 1.54) is 0 Å². The van der Waals surface area contributed by atoms with Gasteiger partial charge in [0, 0.05) is 6.20 Å². The van der Waals surface area contributed by atoms with Gasteiger partial charge in [-0.1, -0.05) is 6.07 Å². The van der Waals surface area contributed by atoms with Crippen molar-refractivity contribution in [3.05, 3.63) is 41.2 Å². The highest BCUT2D eigenvalue weighted by molar-refractivity contribution is 6.28. The fraction of sp³-hybridized carbons (Fsp3) is 0.154. The van der Waals surface area contributed by atoms with Crippen LogP contribution < -0.4 is 11.3 Å². The second-order valence-corrected chi connectivity index (χ2v) is 4.88. The number of anilines is 1. The number of imidazole rings is 1. The number of hydrazine groups is 1. The number of carbonyl (C=O) groups excluding carboxylic acids is 1. The number of rotatable bonds is 4. The molecule has 3 aromatic rings. The van der Waals surface area contributed by atoms with Crippen molar-refractivity contribution < 1.29 is 4.79 Å². The molecule has 0 saturated heterocycles. The molecule has 112 valence electrons. The molecule has 0 amide bonds. The number of nitrogens with two attached hydrogens (primary N) is 1. The molecule has 0 spiro atoms. The predicted molar refractivity (Wildman–Crippen MR) is 81.4 cm³/mol. The maximum absolute atomic E-state index is 12.3. The van der Waals surface area contributed by atoms with Gasteiger partial charge in [0.25, 0.3) is 0 Å². The second-order valence-electron chi connectivity index (χ2n) is 4.54. The molecule has 8 nitrogen and oxygen atoms in total.